The highest BCUT2D eigenvalue weighted by Crippen LogP contribution is 2.33. The second-order valence-electron chi connectivity index (χ2n) is 7.20. The minimum absolute atomic E-state index is 0.557. The molecule has 0 aliphatic heterocycles. The number of nitrogens with one attached hydrogen (secondary N) is 1. The molecule has 2 aromatic carbocycles. The van der Waals surface area contributed by atoms with Gasteiger partial charge in [0.15, 0.2) is 5.58 Å². The number of aromatic nitrogens is 1. The number of nitrogens with zero attached hydrogens (tertiary/aromatic N) is 1. The monoisotopic (exact) mass is 390 g/mol. The van der Waals surface area contributed by atoms with Gasteiger partial charge in [0.05, 0.1) is 6.61 Å². The van der Waals surface area contributed by atoms with Crippen LogP contribution in [0.3, 0.4) is 0 Å². The van der Waals surface area contributed by atoms with Crippen LogP contribution in [0.2, 0.25) is 0 Å². The molecule has 0 saturated heterocycles. The van der Waals surface area contributed by atoms with Crippen molar-refractivity contribution in [3.05, 3.63) is 71.1 Å². The van der Waals surface area contributed by atoms with Crippen molar-refractivity contribution in [3.8, 4) is 17.0 Å². The Morgan fingerprint density at radius 3 is 2.79 bits per heavy atom. The van der Waals surface area contributed by atoms with E-state index in [1.807, 2.05) is 35.7 Å². The third kappa shape index (κ3) is 3.55. The lowest BCUT2D eigenvalue weighted by atomic mass is 10.1. The molecule has 0 spiro atoms. The normalized spacial score (nSPS) is 13.9. The number of hydrogen-bond acceptors (Lipinski definition) is 5. The van der Waals surface area contributed by atoms with Gasteiger partial charge in [-0.3, -0.25) is 0 Å². The fraction of sp³-hybridized carbons (Fsp3) is 0.261. The standard InChI is InChI=1S/C23H22N2O2S/c1-2-6-17-14-19(13-16(17)5-1)24-10-4-11-26-20-8-3-7-18(15-20)22-23-21(27-25-22)9-12-28-23/h1-3,5-9,12,15,19,24H,4,10-11,13-14H2. The van der Waals surface area contributed by atoms with E-state index in [-0.39, 0.29) is 0 Å². The Bertz CT molecular complexity index is 1060. The van der Waals surface area contributed by atoms with Crippen LogP contribution in [-0.4, -0.2) is 24.4 Å². The summed E-state index contributed by atoms with van der Waals surface area (Å²) in [5, 5.41) is 9.90. The SMILES string of the molecule is c1cc(OCCCNC2Cc3ccccc3C2)cc(-c2noc3ccsc23)c1. The number of benzene rings is 2. The van der Waals surface area contributed by atoms with Gasteiger partial charge in [-0.1, -0.05) is 41.6 Å². The second-order valence-corrected chi connectivity index (χ2v) is 8.12. The Kier molecular flexibility index (Phi) is 4.85. The first-order chi connectivity index (χ1) is 13.9. The van der Waals surface area contributed by atoms with E-state index < -0.39 is 0 Å². The van der Waals surface area contributed by atoms with Gasteiger partial charge in [0, 0.05) is 11.6 Å². The van der Waals surface area contributed by atoms with Crippen molar-refractivity contribution in [1.29, 1.82) is 0 Å². The lowest BCUT2D eigenvalue weighted by Crippen LogP contribution is -2.31. The van der Waals surface area contributed by atoms with Crippen molar-refractivity contribution < 1.29 is 9.26 Å². The van der Waals surface area contributed by atoms with Crippen LogP contribution in [0.4, 0.5) is 0 Å². The van der Waals surface area contributed by atoms with E-state index in [1.165, 1.54) is 11.1 Å². The van der Waals surface area contributed by atoms with Crippen molar-refractivity contribution in [3.63, 3.8) is 0 Å². The van der Waals surface area contributed by atoms with Crippen molar-refractivity contribution in [2.75, 3.05) is 13.2 Å². The Morgan fingerprint density at radius 1 is 1.07 bits per heavy atom. The van der Waals surface area contributed by atoms with Gasteiger partial charge >= 0.3 is 0 Å². The average molecular weight is 391 g/mol. The molecule has 0 bridgehead atoms. The fourth-order valence-corrected chi connectivity index (χ4v) is 4.68. The molecule has 28 heavy (non-hydrogen) atoms. The molecule has 4 nitrogen and oxygen atoms in total. The topological polar surface area (TPSA) is 47.3 Å². The van der Waals surface area contributed by atoms with E-state index in [9.17, 15) is 0 Å². The first-order valence-electron chi connectivity index (χ1n) is 9.73. The van der Waals surface area contributed by atoms with Crippen molar-refractivity contribution in [2.24, 2.45) is 0 Å². The Hall–Kier alpha value is -2.63. The molecule has 1 N–H and O–H groups in total. The summed E-state index contributed by atoms with van der Waals surface area (Å²) in [5.74, 6) is 0.874. The molecule has 4 aromatic rings. The predicted molar refractivity (Wildman–Crippen MR) is 113 cm³/mol. The molecular formula is C23H22N2O2S. The number of hydrogen-bond donors (Lipinski definition) is 1. The van der Waals surface area contributed by atoms with Crippen LogP contribution >= 0.6 is 11.3 Å². The van der Waals surface area contributed by atoms with Crippen molar-refractivity contribution in [1.82, 2.24) is 10.5 Å². The van der Waals surface area contributed by atoms with E-state index in [2.05, 4.69) is 34.7 Å². The quantitative estimate of drug-likeness (QED) is 0.447. The summed E-state index contributed by atoms with van der Waals surface area (Å²) < 4.78 is 12.4. The Labute approximate surface area is 168 Å². The highest BCUT2D eigenvalue weighted by Gasteiger charge is 2.19. The second kappa shape index (κ2) is 7.78. The summed E-state index contributed by atoms with van der Waals surface area (Å²) in [7, 11) is 0. The molecule has 2 aromatic heterocycles. The summed E-state index contributed by atoms with van der Waals surface area (Å²) in [6, 6.07) is 19.3. The molecule has 1 aliphatic rings. The summed E-state index contributed by atoms with van der Waals surface area (Å²) in [6.45, 7) is 1.67. The van der Waals surface area contributed by atoms with E-state index >= 15 is 0 Å². The van der Waals surface area contributed by atoms with Crippen molar-refractivity contribution >= 4 is 21.6 Å². The molecule has 1 aliphatic carbocycles. The van der Waals surface area contributed by atoms with Crippen LogP contribution in [0.5, 0.6) is 5.75 Å². The van der Waals surface area contributed by atoms with Crippen LogP contribution in [0.1, 0.15) is 17.5 Å². The van der Waals surface area contributed by atoms with E-state index in [0.717, 1.165) is 53.1 Å². The van der Waals surface area contributed by atoms with Gasteiger partial charge < -0.3 is 14.6 Å². The number of ether oxygens (including phenoxy) is 1. The predicted octanol–water partition coefficient (Wildman–Crippen LogP) is 5.08. The zero-order chi connectivity index (χ0) is 18.8. The van der Waals surface area contributed by atoms with Gasteiger partial charge in [0.2, 0.25) is 0 Å². The molecule has 0 radical (unpaired) electrons. The molecular weight excluding hydrogens is 368 g/mol. The average Bonchev–Trinajstić information content (AvgIpc) is 3.43. The number of thiophene rings is 1. The van der Waals surface area contributed by atoms with Crippen LogP contribution in [0.15, 0.2) is 64.5 Å². The highest BCUT2D eigenvalue weighted by molar-refractivity contribution is 7.17. The molecule has 0 amide bonds. The van der Waals surface area contributed by atoms with Crippen molar-refractivity contribution in [2.45, 2.75) is 25.3 Å². The Morgan fingerprint density at radius 2 is 1.93 bits per heavy atom. The molecule has 0 atom stereocenters. The van der Waals surface area contributed by atoms with Crippen LogP contribution < -0.4 is 10.1 Å². The zero-order valence-electron chi connectivity index (χ0n) is 15.6. The smallest absolute Gasteiger partial charge is 0.178 e. The van der Waals surface area contributed by atoms with Gasteiger partial charge in [-0.05, 0) is 60.5 Å². The largest absolute Gasteiger partial charge is 0.494 e. The molecule has 5 heteroatoms. The summed E-state index contributed by atoms with van der Waals surface area (Å²) in [5.41, 5.74) is 5.73. The van der Waals surface area contributed by atoms with Crippen LogP contribution in [0, 0.1) is 0 Å². The number of fused-ring (bicyclic) bond motifs is 2. The molecule has 0 fully saturated rings. The molecule has 0 saturated carbocycles. The van der Waals surface area contributed by atoms with Gasteiger partial charge in [-0.15, -0.1) is 11.3 Å². The maximum Gasteiger partial charge on any atom is 0.178 e. The summed E-state index contributed by atoms with van der Waals surface area (Å²) in [6.07, 6.45) is 3.25. The maximum absolute atomic E-state index is 5.97. The van der Waals surface area contributed by atoms with E-state index in [1.54, 1.807) is 11.3 Å². The molecule has 142 valence electrons. The lowest BCUT2D eigenvalue weighted by Gasteiger charge is -2.12. The third-order valence-corrected chi connectivity index (χ3v) is 6.16. The number of rotatable bonds is 7. The van der Waals surface area contributed by atoms with Gasteiger partial charge in [-0.25, -0.2) is 0 Å². The van der Waals surface area contributed by atoms with Gasteiger partial charge in [0.1, 0.15) is 16.1 Å². The first kappa shape index (κ1) is 17.5. The van der Waals surface area contributed by atoms with Crippen LogP contribution in [0.25, 0.3) is 21.5 Å². The van der Waals surface area contributed by atoms with E-state index in [0.29, 0.717) is 12.6 Å². The highest BCUT2D eigenvalue weighted by atomic mass is 32.1. The summed E-state index contributed by atoms with van der Waals surface area (Å²) in [4.78, 5) is 0. The maximum atomic E-state index is 5.97. The van der Waals surface area contributed by atoms with E-state index in [4.69, 9.17) is 9.26 Å². The third-order valence-electron chi connectivity index (χ3n) is 5.26. The lowest BCUT2D eigenvalue weighted by molar-refractivity contribution is 0.305. The summed E-state index contributed by atoms with van der Waals surface area (Å²) >= 11 is 1.65. The van der Waals surface area contributed by atoms with Crippen LogP contribution in [-0.2, 0) is 12.8 Å². The van der Waals surface area contributed by atoms with Gasteiger partial charge in [-0.2, -0.15) is 0 Å². The molecule has 0 unspecified atom stereocenters. The fourth-order valence-electron chi connectivity index (χ4n) is 3.87. The first-order valence-corrected chi connectivity index (χ1v) is 10.6. The van der Waals surface area contributed by atoms with Gasteiger partial charge in [0.25, 0.3) is 0 Å². The minimum atomic E-state index is 0.557. The zero-order valence-corrected chi connectivity index (χ0v) is 16.4. The molecule has 2 heterocycles. The minimum Gasteiger partial charge on any atom is -0.494 e. The molecule has 5 rings (SSSR count). The Balaban J connectivity index is 1.12.